The summed E-state index contributed by atoms with van der Waals surface area (Å²) in [5.74, 6) is -1.79. The first kappa shape index (κ1) is 23.6. The molecule has 0 spiro atoms. The number of hydrogen-bond donors (Lipinski definition) is 3. The van der Waals surface area contributed by atoms with Crippen LogP contribution in [0, 0.1) is 5.82 Å². The number of benzene rings is 2. The lowest BCUT2D eigenvalue weighted by Crippen LogP contribution is -2.24. The van der Waals surface area contributed by atoms with E-state index in [1.54, 1.807) is 6.92 Å². The smallest absolute Gasteiger partial charge is 0.258 e. The monoisotopic (exact) mass is 459 g/mol. The molecule has 0 saturated heterocycles. The summed E-state index contributed by atoms with van der Waals surface area (Å²) in [5, 5.41) is 2.44. The van der Waals surface area contributed by atoms with Crippen molar-refractivity contribution in [2.45, 2.75) is 18.7 Å². The van der Waals surface area contributed by atoms with E-state index in [1.807, 2.05) is 0 Å². The van der Waals surface area contributed by atoms with E-state index in [1.165, 1.54) is 32.2 Å². The van der Waals surface area contributed by atoms with Crippen molar-refractivity contribution in [1.29, 1.82) is 0 Å². The molecule has 0 aliphatic carbocycles. The summed E-state index contributed by atoms with van der Waals surface area (Å²) < 4.78 is 71.6. The van der Waals surface area contributed by atoms with Gasteiger partial charge in [0.2, 0.25) is 20.0 Å². The third-order valence-corrected chi connectivity index (χ3v) is 6.77. The molecule has 0 aliphatic heterocycles. The Bertz CT molecular complexity index is 1150. The molecule has 0 saturated carbocycles. The summed E-state index contributed by atoms with van der Waals surface area (Å²) in [6.45, 7) is 3.20. The second-order valence-electron chi connectivity index (χ2n) is 6.02. The van der Waals surface area contributed by atoms with Gasteiger partial charge in [0.1, 0.15) is 11.6 Å². The number of halogens is 1. The van der Waals surface area contributed by atoms with E-state index < -0.39 is 37.3 Å². The van der Waals surface area contributed by atoms with Crippen LogP contribution < -0.4 is 19.5 Å². The van der Waals surface area contributed by atoms with Crippen LogP contribution in [0.2, 0.25) is 0 Å². The fourth-order valence-electron chi connectivity index (χ4n) is 2.41. The van der Waals surface area contributed by atoms with Gasteiger partial charge in [0, 0.05) is 18.3 Å². The predicted octanol–water partition coefficient (Wildman–Crippen LogP) is 2.15. The third kappa shape index (κ3) is 5.68. The van der Waals surface area contributed by atoms with E-state index in [2.05, 4.69) is 14.8 Å². The Morgan fingerprint density at radius 3 is 2.37 bits per heavy atom. The number of ether oxygens (including phenoxy) is 1. The van der Waals surface area contributed by atoms with Gasteiger partial charge in [0.15, 0.2) is 0 Å². The van der Waals surface area contributed by atoms with Crippen molar-refractivity contribution in [3.8, 4) is 5.75 Å². The highest BCUT2D eigenvalue weighted by molar-refractivity contribution is 7.92. The Balaban J connectivity index is 2.32. The number of methoxy groups -OCH3 is 1. The van der Waals surface area contributed by atoms with Crippen molar-refractivity contribution in [3.05, 3.63) is 47.8 Å². The zero-order chi connectivity index (χ0) is 22.5. The summed E-state index contributed by atoms with van der Waals surface area (Å²) in [7, 11) is -6.10. The van der Waals surface area contributed by atoms with Gasteiger partial charge >= 0.3 is 0 Å². The van der Waals surface area contributed by atoms with Gasteiger partial charge < -0.3 is 10.1 Å². The molecular weight excluding hydrogens is 437 g/mol. The number of nitrogens with one attached hydrogen (secondary N) is 3. The second-order valence-corrected chi connectivity index (χ2v) is 9.80. The summed E-state index contributed by atoms with van der Waals surface area (Å²) >= 11 is 0. The number of anilines is 2. The van der Waals surface area contributed by atoms with Crippen molar-refractivity contribution >= 4 is 37.3 Å². The zero-order valence-corrected chi connectivity index (χ0v) is 18.2. The predicted molar refractivity (Wildman–Crippen MR) is 111 cm³/mol. The van der Waals surface area contributed by atoms with Gasteiger partial charge in [-0.15, -0.1) is 0 Å². The van der Waals surface area contributed by atoms with Gasteiger partial charge in [-0.1, -0.05) is 6.92 Å². The lowest BCUT2D eigenvalue weighted by Gasteiger charge is -2.13. The summed E-state index contributed by atoms with van der Waals surface area (Å²) in [5.41, 5.74) is -0.110. The van der Waals surface area contributed by atoms with Crippen LogP contribution >= 0.6 is 0 Å². The Kier molecular flexibility index (Phi) is 7.39. The molecule has 2 rings (SSSR count). The lowest BCUT2D eigenvalue weighted by molar-refractivity contribution is 0.102. The minimum Gasteiger partial charge on any atom is -0.494 e. The first-order chi connectivity index (χ1) is 14.0. The molecule has 2 aromatic carbocycles. The number of amides is 1. The molecule has 0 heterocycles. The van der Waals surface area contributed by atoms with E-state index >= 15 is 0 Å². The van der Waals surface area contributed by atoms with Crippen LogP contribution in [0.1, 0.15) is 24.2 Å². The fourth-order valence-corrected chi connectivity index (χ4v) is 4.13. The molecule has 9 nitrogen and oxygen atoms in total. The number of carbonyl (C=O) groups excluding carboxylic acids is 1. The molecule has 0 radical (unpaired) electrons. The molecule has 3 N–H and O–H groups in total. The van der Waals surface area contributed by atoms with E-state index in [-0.39, 0.29) is 34.3 Å². The molecule has 12 heteroatoms. The normalized spacial score (nSPS) is 11.7. The third-order valence-electron chi connectivity index (χ3n) is 3.93. The van der Waals surface area contributed by atoms with E-state index in [9.17, 15) is 26.0 Å². The molecule has 2 aromatic rings. The van der Waals surface area contributed by atoms with Gasteiger partial charge in [-0.05, 0) is 37.3 Å². The van der Waals surface area contributed by atoms with Crippen molar-refractivity contribution in [3.63, 3.8) is 0 Å². The molecule has 30 heavy (non-hydrogen) atoms. The number of sulfonamides is 2. The molecule has 0 aliphatic rings. The van der Waals surface area contributed by atoms with Gasteiger partial charge in [-0.25, -0.2) is 25.9 Å². The molecule has 0 fully saturated rings. The Hall–Kier alpha value is -2.70. The molecule has 0 unspecified atom stereocenters. The average Bonchev–Trinajstić information content (AvgIpc) is 2.69. The lowest BCUT2D eigenvalue weighted by atomic mass is 10.2. The zero-order valence-electron chi connectivity index (χ0n) is 16.5. The molecule has 0 bridgehead atoms. The molecular formula is C18H22FN3O6S2. The van der Waals surface area contributed by atoms with Crippen LogP contribution in [0.3, 0.4) is 0 Å². The highest BCUT2D eigenvalue weighted by atomic mass is 32.2. The summed E-state index contributed by atoms with van der Waals surface area (Å²) in [6.07, 6.45) is 0. The van der Waals surface area contributed by atoms with E-state index in [0.29, 0.717) is 0 Å². The first-order valence-corrected chi connectivity index (χ1v) is 12.0. The maximum absolute atomic E-state index is 14.2. The minimum atomic E-state index is -3.87. The van der Waals surface area contributed by atoms with Crippen molar-refractivity contribution in [1.82, 2.24) is 4.72 Å². The van der Waals surface area contributed by atoms with E-state index in [0.717, 1.165) is 18.2 Å². The first-order valence-electron chi connectivity index (χ1n) is 8.82. The standard InChI is InChI=1S/C18H22FN3O6S2/c1-4-20-30(26,27)13-7-8-15(19)14(11-13)18(23)21-12-6-9-16(17(10-12)28-3)22-29(24,25)5-2/h6-11,20,22H,4-5H2,1-3H3,(H,21,23). The van der Waals surface area contributed by atoms with Gasteiger partial charge in [0.25, 0.3) is 5.91 Å². The Morgan fingerprint density at radius 2 is 1.77 bits per heavy atom. The largest absolute Gasteiger partial charge is 0.494 e. The SMILES string of the molecule is CCNS(=O)(=O)c1ccc(F)c(C(=O)Nc2ccc(NS(=O)(=O)CC)c(OC)c2)c1. The Morgan fingerprint density at radius 1 is 1.07 bits per heavy atom. The molecule has 164 valence electrons. The van der Waals surface area contributed by atoms with Gasteiger partial charge in [-0.3, -0.25) is 9.52 Å². The molecule has 0 aromatic heterocycles. The fraction of sp³-hybridized carbons (Fsp3) is 0.278. The van der Waals surface area contributed by atoms with Crippen molar-refractivity contribution < 1.29 is 30.8 Å². The Labute approximate surface area is 174 Å². The number of rotatable bonds is 9. The van der Waals surface area contributed by atoms with Crippen molar-refractivity contribution in [2.24, 2.45) is 0 Å². The van der Waals surface area contributed by atoms with Crippen LogP contribution in [0.4, 0.5) is 15.8 Å². The summed E-state index contributed by atoms with van der Waals surface area (Å²) in [4.78, 5) is 12.3. The van der Waals surface area contributed by atoms with Crippen LogP contribution in [0.25, 0.3) is 0 Å². The highest BCUT2D eigenvalue weighted by Gasteiger charge is 2.20. The van der Waals surface area contributed by atoms with Crippen LogP contribution in [-0.2, 0) is 20.0 Å². The number of hydrogen-bond acceptors (Lipinski definition) is 6. The minimum absolute atomic E-state index is 0.133. The van der Waals surface area contributed by atoms with Crippen LogP contribution in [0.15, 0.2) is 41.3 Å². The topological polar surface area (TPSA) is 131 Å². The van der Waals surface area contributed by atoms with Crippen LogP contribution in [-0.4, -0.2) is 42.2 Å². The summed E-state index contributed by atoms with van der Waals surface area (Å²) in [6, 6.07) is 7.01. The van der Waals surface area contributed by atoms with Crippen LogP contribution in [0.5, 0.6) is 5.75 Å². The molecule has 0 atom stereocenters. The van der Waals surface area contributed by atoms with Crippen molar-refractivity contribution in [2.75, 3.05) is 29.4 Å². The van der Waals surface area contributed by atoms with E-state index in [4.69, 9.17) is 4.74 Å². The average molecular weight is 460 g/mol. The van der Waals surface area contributed by atoms with Gasteiger partial charge in [-0.2, -0.15) is 0 Å². The molecule has 1 amide bonds. The highest BCUT2D eigenvalue weighted by Crippen LogP contribution is 2.29. The van der Waals surface area contributed by atoms with Gasteiger partial charge in [0.05, 0.1) is 29.0 Å². The quantitative estimate of drug-likeness (QED) is 0.527. The maximum Gasteiger partial charge on any atom is 0.258 e. The second kappa shape index (κ2) is 9.41. The number of carbonyl (C=O) groups is 1. The maximum atomic E-state index is 14.2.